The molecule has 0 unspecified atom stereocenters. The van der Waals surface area contributed by atoms with Gasteiger partial charge in [0.1, 0.15) is 5.69 Å². The molecule has 1 aliphatic rings. The Kier molecular flexibility index (Phi) is 4.25. The monoisotopic (exact) mass is 390 g/mol. The molecular weight excluding hydrogens is 377 g/mol. The first-order valence-electron chi connectivity index (χ1n) is 8.32. The van der Waals surface area contributed by atoms with Crippen LogP contribution in [0.1, 0.15) is 29.4 Å². The Morgan fingerprint density at radius 1 is 1.07 bits per heavy atom. The molecule has 0 amide bonds. The molecule has 0 bridgehead atoms. The van der Waals surface area contributed by atoms with Gasteiger partial charge in [-0.05, 0) is 29.9 Å². The van der Waals surface area contributed by atoms with Gasteiger partial charge in [-0.2, -0.15) is 0 Å². The number of hydrogen-bond donors (Lipinski definition) is 2. The number of ether oxygens (including phenoxy) is 1. The lowest BCUT2D eigenvalue weighted by atomic mass is 10.0. The van der Waals surface area contributed by atoms with Crippen LogP contribution in [0.25, 0.3) is 11.3 Å². The third-order valence-electron chi connectivity index (χ3n) is 4.51. The Labute approximate surface area is 155 Å². The third kappa shape index (κ3) is 3.66. The zero-order valence-corrected chi connectivity index (χ0v) is 14.2. The van der Waals surface area contributed by atoms with Crippen molar-refractivity contribution in [3.05, 3.63) is 74.6 Å². The van der Waals surface area contributed by atoms with E-state index in [0.29, 0.717) is 6.42 Å². The van der Waals surface area contributed by atoms with Gasteiger partial charge in [0.15, 0.2) is 0 Å². The van der Waals surface area contributed by atoms with Gasteiger partial charge in [0.05, 0.1) is 5.56 Å². The van der Waals surface area contributed by atoms with Gasteiger partial charge in [-0.3, -0.25) is 9.78 Å². The Morgan fingerprint density at radius 3 is 2.50 bits per heavy atom. The van der Waals surface area contributed by atoms with E-state index in [4.69, 9.17) is 0 Å². The number of rotatable bonds is 4. The first-order valence-corrected chi connectivity index (χ1v) is 8.32. The molecule has 2 aromatic heterocycles. The van der Waals surface area contributed by atoms with Crippen LogP contribution in [0.3, 0.4) is 0 Å². The summed E-state index contributed by atoms with van der Waals surface area (Å²) in [7, 11) is 0. The average molecular weight is 390 g/mol. The maximum Gasteiger partial charge on any atom is 0.574 e. The van der Waals surface area contributed by atoms with Crippen LogP contribution in [0.5, 0.6) is 5.88 Å². The second kappa shape index (κ2) is 6.63. The normalized spacial score (nSPS) is 18.7. The van der Waals surface area contributed by atoms with Crippen molar-refractivity contribution >= 4 is 0 Å². The molecule has 0 saturated heterocycles. The van der Waals surface area contributed by atoms with Crippen molar-refractivity contribution in [2.45, 2.75) is 24.6 Å². The molecule has 3 aromatic rings. The van der Waals surface area contributed by atoms with Gasteiger partial charge in [0.2, 0.25) is 5.88 Å². The van der Waals surface area contributed by atoms with E-state index >= 15 is 0 Å². The van der Waals surface area contributed by atoms with Crippen molar-refractivity contribution in [1.82, 2.24) is 20.2 Å². The van der Waals surface area contributed by atoms with Crippen LogP contribution < -0.4 is 16.0 Å². The average Bonchev–Trinajstić information content (AvgIpc) is 3.42. The van der Waals surface area contributed by atoms with Gasteiger partial charge in [0.25, 0.3) is 5.56 Å². The smallest absolute Gasteiger partial charge is 0.386 e. The molecule has 144 valence electrons. The van der Waals surface area contributed by atoms with Crippen LogP contribution in [0.2, 0.25) is 0 Å². The summed E-state index contributed by atoms with van der Waals surface area (Å²) in [5.74, 6) is -0.876. The van der Waals surface area contributed by atoms with Gasteiger partial charge in [-0.1, -0.05) is 30.3 Å². The Balaban J connectivity index is 1.75. The molecule has 1 fully saturated rings. The van der Waals surface area contributed by atoms with E-state index in [0.717, 1.165) is 11.8 Å². The first kappa shape index (κ1) is 18.0. The van der Waals surface area contributed by atoms with E-state index in [-0.39, 0.29) is 28.7 Å². The lowest BCUT2D eigenvalue weighted by Crippen LogP contribution is -2.23. The minimum atomic E-state index is -4.92. The number of nitrogens with one attached hydrogen (secondary N) is 2. The molecule has 0 aliphatic heterocycles. The van der Waals surface area contributed by atoms with E-state index in [1.165, 1.54) is 6.07 Å². The van der Waals surface area contributed by atoms with Crippen LogP contribution in [0.15, 0.2) is 52.2 Å². The molecule has 0 radical (unpaired) electrons. The van der Waals surface area contributed by atoms with Crippen LogP contribution in [-0.4, -0.2) is 26.5 Å². The maximum absolute atomic E-state index is 12.8. The Morgan fingerprint density at radius 2 is 1.82 bits per heavy atom. The Hall–Kier alpha value is -3.43. The fraction of sp³-hybridized carbons (Fsp3) is 0.222. The van der Waals surface area contributed by atoms with Crippen LogP contribution in [0.4, 0.5) is 13.2 Å². The highest BCUT2D eigenvalue weighted by atomic mass is 19.4. The number of halogens is 3. The molecule has 2 atom stereocenters. The predicted octanol–water partition coefficient (Wildman–Crippen LogP) is 2.69. The summed E-state index contributed by atoms with van der Waals surface area (Å²) in [6.45, 7) is 0. The summed E-state index contributed by atoms with van der Waals surface area (Å²) < 4.78 is 42.4. The molecular formula is C18H13F3N4O3. The molecule has 28 heavy (non-hydrogen) atoms. The SMILES string of the molecule is O=c1[nH]cc(-c2cc([C@H]3C[C@@H]3c3ccccc3)c(OC(F)(F)F)nn2)c(=O)[nH]1. The minimum Gasteiger partial charge on any atom is -0.386 e. The number of hydrogen-bond acceptors (Lipinski definition) is 5. The summed E-state index contributed by atoms with van der Waals surface area (Å²) in [5, 5.41) is 7.23. The van der Waals surface area contributed by atoms with E-state index in [1.54, 1.807) is 0 Å². The van der Waals surface area contributed by atoms with Crippen LogP contribution >= 0.6 is 0 Å². The second-order valence-electron chi connectivity index (χ2n) is 6.38. The molecule has 4 rings (SSSR count). The van der Waals surface area contributed by atoms with Crippen molar-refractivity contribution in [3.63, 3.8) is 0 Å². The van der Waals surface area contributed by atoms with Gasteiger partial charge < -0.3 is 9.72 Å². The van der Waals surface area contributed by atoms with Crippen molar-refractivity contribution in [2.24, 2.45) is 0 Å². The standard InChI is InChI=1S/C18H13F3N4O3/c19-18(20,21)28-16-12(11-6-10(11)9-4-2-1-3-5-9)7-14(24-25-16)13-8-22-17(27)23-15(13)26/h1-5,7-8,10-11H,6H2,(H2,22,23,26,27)/t10-,11+/m1/s1. The molecule has 1 aliphatic carbocycles. The van der Waals surface area contributed by atoms with Gasteiger partial charge in [0, 0.05) is 11.8 Å². The van der Waals surface area contributed by atoms with E-state index < -0.39 is 23.5 Å². The first-order chi connectivity index (χ1) is 13.3. The molecule has 0 spiro atoms. The number of benzene rings is 1. The zero-order chi connectivity index (χ0) is 19.9. The van der Waals surface area contributed by atoms with Gasteiger partial charge in [-0.25, -0.2) is 4.79 Å². The topological polar surface area (TPSA) is 101 Å². The highest BCUT2D eigenvalue weighted by molar-refractivity contribution is 5.59. The third-order valence-corrected chi connectivity index (χ3v) is 4.51. The lowest BCUT2D eigenvalue weighted by molar-refractivity contribution is -0.276. The summed E-state index contributed by atoms with van der Waals surface area (Å²) in [6.07, 6.45) is -3.16. The second-order valence-corrected chi connectivity index (χ2v) is 6.38. The summed E-state index contributed by atoms with van der Waals surface area (Å²) in [6, 6.07) is 10.7. The fourth-order valence-corrected chi connectivity index (χ4v) is 3.19. The number of nitrogens with zero attached hydrogens (tertiary/aromatic N) is 2. The highest BCUT2D eigenvalue weighted by Crippen LogP contribution is 2.56. The van der Waals surface area contributed by atoms with E-state index in [2.05, 4.69) is 19.9 Å². The van der Waals surface area contributed by atoms with Gasteiger partial charge in [-0.15, -0.1) is 23.4 Å². The quantitative estimate of drug-likeness (QED) is 0.713. The molecule has 2 heterocycles. The highest BCUT2D eigenvalue weighted by Gasteiger charge is 2.44. The Bertz CT molecular complexity index is 1130. The van der Waals surface area contributed by atoms with Crippen molar-refractivity contribution < 1.29 is 17.9 Å². The number of H-pyrrole nitrogens is 2. The van der Waals surface area contributed by atoms with Crippen LogP contribution in [-0.2, 0) is 0 Å². The fourth-order valence-electron chi connectivity index (χ4n) is 3.19. The maximum atomic E-state index is 12.8. The molecule has 10 heteroatoms. The zero-order valence-electron chi connectivity index (χ0n) is 14.2. The van der Waals surface area contributed by atoms with E-state index in [9.17, 15) is 22.8 Å². The van der Waals surface area contributed by atoms with Gasteiger partial charge >= 0.3 is 12.1 Å². The van der Waals surface area contributed by atoms with Crippen molar-refractivity contribution in [1.29, 1.82) is 0 Å². The minimum absolute atomic E-state index is 0.0104. The summed E-state index contributed by atoms with van der Waals surface area (Å²) in [4.78, 5) is 27.5. The summed E-state index contributed by atoms with van der Waals surface area (Å²) in [5.41, 5.74) is -0.189. The molecule has 1 aromatic carbocycles. The molecule has 2 N–H and O–H groups in total. The van der Waals surface area contributed by atoms with Crippen molar-refractivity contribution in [2.75, 3.05) is 0 Å². The van der Waals surface area contributed by atoms with Crippen LogP contribution in [0, 0.1) is 0 Å². The molecule has 1 saturated carbocycles. The summed E-state index contributed by atoms with van der Waals surface area (Å²) >= 11 is 0. The number of aromatic amines is 2. The number of alkyl halides is 3. The van der Waals surface area contributed by atoms with Crippen molar-refractivity contribution in [3.8, 4) is 17.1 Å². The predicted molar refractivity (Wildman–Crippen MR) is 91.9 cm³/mol. The molecule has 7 nitrogen and oxygen atoms in total. The largest absolute Gasteiger partial charge is 0.574 e. The lowest BCUT2D eigenvalue weighted by Gasteiger charge is -2.12. The van der Waals surface area contributed by atoms with E-state index in [1.807, 2.05) is 35.3 Å². The number of aromatic nitrogens is 4.